The van der Waals surface area contributed by atoms with E-state index in [2.05, 4.69) is 20.8 Å². The molecule has 0 saturated carbocycles. The minimum absolute atomic E-state index is 0. The zero-order valence-corrected chi connectivity index (χ0v) is 18.2. The van der Waals surface area contributed by atoms with Gasteiger partial charge in [0, 0.05) is 24.0 Å². The first kappa shape index (κ1) is 23.4. The maximum Gasteiger partial charge on any atom is 0.317 e. The molecule has 1 N–H and O–H groups in total. The number of halogens is 1. The lowest BCUT2D eigenvalue weighted by Crippen LogP contribution is -2.47. The van der Waals surface area contributed by atoms with E-state index in [1.165, 1.54) is 15.6 Å². The Bertz CT molecular complexity index is 705. The van der Waals surface area contributed by atoms with Crippen molar-refractivity contribution in [1.82, 2.24) is 9.21 Å². The summed E-state index contributed by atoms with van der Waals surface area (Å²) in [5.74, 6) is -0.842. The van der Waals surface area contributed by atoms with E-state index < -0.39 is 16.0 Å². The standard InChI is InChI=1S/C17H28N2O4S2.ClH/c1-5-18(12-15(20)21)13-8-10-19(11-9-13)25(22,23)16-7-6-14(24-16)17(2,3)4;/h6-7,13H,5,8-12H2,1-4H3,(H,20,21);1H. The van der Waals surface area contributed by atoms with Gasteiger partial charge in [0.15, 0.2) is 0 Å². The lowest BCUT2D eigenvalue weighted by molar-refractivity contribution is -0.139. The normalized spacial score (nSPS) is 17.3. The van der Waals surface area contributed by atoms with Gasteiger partial charge in [0.2, 0.25) is 0 Å². The third-order valence-electron chi connectivity index (χ3n) is 4.60. The fraction of sp³-hybridized carbons (Fsp3) is 0.706. The van der Waals surface area contributed by atoms with Crippen LogP contribution in [0.1, 0.15) is 45.4 Å². The number of carboxylic acids is 1. The molecular weight excluding hydrogens is 396 g/mol. The van der Waals surface area contributed by atoms with Crippen molar-refractivity contribution < 1.29 is 18.3 Å². The van der Waals surface area contributed by atoms with E-state index in [-0.39, 0.29) is 30.4 Å². The van der Waals surface area contributed by atoms with Crippen molar-refractivity contribution in [3.8, 4) is 0 Å². The molecule has 0 amide bonds. The Morgan fingerprint density at radius 2 is 1.88 bits per heavy atom. The maximum absolute atomic E-state index is 12.9. The van der Waals surface area contributed by atoms with Gasteiger partial charge in [-0.05, 0) is 36.9 Å². The van der Waals surface area contributed by atoms with Crippen LogP contribution in [0.25, 0.3) is 0 Å². The Labute approximate surface area is 166 Å². The second-order valence-electron chi connectivity index (χ2n) is 7.46. The van der Waals surface area contributed by atoms with E-state index in [0.717, 1.165) is 4.88 Å². The van der Waals surface area contributed by atoms with Crippen molar-refractivity contribution in [2.75, 3.05) is 26.2 Å². The van der Waals surface area contributed by atoms with Gasteiger partial charge in [-0.3, -0.25) is 9.69 Å². The van der Waals surface area contributed by atoms with Crippen molar-refractivity contribution in [3.05, 3.63) is 17.0 Å². The molecule has 26 heavy (non-hydrogen) atoms. The first-order valence-corrected chi connectivity index (χ1v) is 10.9. The average molecular weight is 425 g/mol. The summed E-state index contributed by atoms with van der Waals surface area (Å²) in [5.41, 5.74) is -0.0656. The van der Waals surface area contributed by atoms with E-state index >= 15 is 0 Å². The quantitative estimate of drug-likeness (QED) is 0.759. The molecule has 1 fully saturated rings. The largest absolute Gasteiger partial charge is 0.480 e. The number of sulfonamides is 1. The highest BCUT2D eigenvalue weighted by Gasteiger charge is 2.33. The molecule has 9 heteroatoms. The predicted octanol–water partition coefficient (Wildman–Crippen LogP) is 3.03. The molecule has 1 saturated heterocycles. The van der Waals surface area contributed by atoms with E-state index in [1.54, 1.807) is 6.07 Å². The summed E-state index contributed by atoms with van der Waals surface area (Å²) in [6.45, 7) is 9.69. The van der Waals surface area contributed by atoms with Crippen molar-refractivity contribution in [2.24, 2.45) is 0 Å². The molecule has 150 valence electrons. The zero-order valence-electron chi connectivity index (χ0n) is 15.8. The highest BCUT2D eigenvalue weighted by Crippen LogP contribution is 2.34. The highest BCUT2D eigenvalue weighted by molar-refractivity contribution is 7.91. The number of hydrogen-bond acceptors (Lipinski definition) is 5. The number of thiophene rings is 1. The number of likely N-dealkylation sites (N-methyl/N-ethyl adjacent to an activating group) is 1. The minimum atomic E-state index is -3.46. The molecule has 1 aliphatic rings. The Balaban J connectivity index is 0.00000338. The molecule has 0 radical (unpaired) electrons. The number of piperidine rings is 1. The Kier molecular flexibility index (Phi) is 8.10. The van der Waals surface area contributed by atoms with Crippen molar-refractivity contribution in [3.63, 3.8) is 0 Å². The summed E-state index contributed by atoms with van der Waals surface area (Å²) in [7, 11) is -3.46. The van der Waals surface area contributed by atoms with Crippen LogP contribution in [-0.2, 0) is 20.2 Å². The van der Waals surface area contributed by atoms with Gasteiger partial charge in [0.1, 0.15) is 4.21 Å². The van der Waals surface area contributed by atoms with Crippen molar-refractivity contribution in [2.45, 2.75) is 56.2 Å². The van der Waals surface area contributed by atoms with E-state index in [4.69, 9.17) is 5.11 Å². The Hall–Kier alpha value is -0.670. The van der Waals surface area contributed by atoms with Gasteiger partial charge in [0.25, 0.3) is 10.0 Å². The second kappa shape index (κ2) is 9.01. The van der Waals surface area contributed by atoms with Gasteiger partial charge in [-0.15, -0.1) is 23.7 Å². The number of carboxylic acid groups (broad SMARTS) is 1. The van der Waals surface area contributed by atoms with Crippen LogP contribution >= 0.6 is 23.7 Å². The van der Waals surface area contributed by atoms with Crippen LogP contribution in [0.15, 0.2) is 16.3 Å². The van der Waals surface area contributed by atoms with E-state index in [0.29, 0.717) is 36.7 Å². The second-order valence-corrected chi connectivity index (χ2v) is 10.7. The molecule has 1 aliphatic heterocycles. The predicted molar refractivity (Wildman–Crippen MR) is 107 cm³/mol. The molecule has 0 unspecified atom stereocenters. The van der Waals surface area contributed by atoms with E-state index in [9.17, 15) is 13.2 Å². The molecule has 2 heterocycles. The first-order chi connectivity index (χ1) is 11.6. The summed E-state index contributed by atoms with van der Waals surface area (Å²) in [4.78, 5) is 13.9. The van der Waals surface area contributed by atoms with Crippen LogP contribution in [0.4, 0.5) is 0 Å². The van der Waals surface area contributed by atoms with Gasteiger partial charge in [0.05, 0.1) is 6.54 Å². The van der Waals surface area contributed by atoms with Gasteiger partial charge in [-0.25, -0.2) is 8.42 Å². The van der Waals surface area contributed by atoms with Gasteiger partial charge in [-0.1, -0.05) is 27.7 Å². The first-order valence-electron chi connectivity index (χ1n) is 8.62. The lowest BCUT2D eigenvalue weighted by Gasteiger charge is -2.36. The number of rotatable bonds is 6. The van der Waals surface area contributed by atoms with Crippen LogP contribution in [0.5, 0.6) is 0 Å². The molecule has 0 aliphatic carbocycles. The van der Waals surface area contributed by atoms with Gasteiger partial charge >= 0.3 is 5.97 Å². The summed E-state index contributed by atoms with van der Waals surface area (Å²) in [5, 5.41) is 9.00. The van der Waals surface area contributed by atoms with Gasteiger partial charge < -0.3 is 5.11 Å². The Morgan fingerprint density at radius 1 is 1.31 bits per heavy atom. The topological polar surface area (TPSA) is 77.9 Å². The minimum Gasteiger partial charge on any atom is -0.480 e. The number of nitrogens with zero attached hydrogens (tertiary/aromatic N) is 2. The zero-order chi connectivity index (χ0) is 18.8. The molecule has 0 bridgehead atoms. The number of carbonyl (C=O) groups is 1. The summed E-state index contributed by atoms with van der Waals surface area (Å²) in [6, 6.07) is 3.73. The number of hydrogen-bond donors (Lipinski definition) is 1. The summed E-state index contributed by atoms with van der Waals surface area (Å²) in [6.07, 6.45) is 1.33. The average Bonchev–Trinajstić information content (AvgIpc) is 3.03. The smallest absolute Gasteiger partial charge is 0.317 e. The molecule has 0 spiro atoms. The van der Waals surface area contributed by atoms with Crippen LogP contribution in [0.2, 0.25) is 0 Å². The molecule has 1 aromatic heterocycles. The fourth-order valence-electron chi connectivity index (χ4n) is 3.11. The summed E-state index contributed by atoms with van der Waals surface area (Å²) < 4.78 is 27.7. The molecular formula is C17H29ClN2O4S2. The lowest BCUT2D eigenvalue weighted by atomic mass is 9.95. The third kappa shape index (κ3) is 5.42. The van der Waals surface area contributed by atoms with Gasteiger partial charge in [-0.2, -0.15) is 4.31 Å². The summed E-state index contributed by atoms with van der Waals surface area (Å²) >= 11 is 1.34. The highest BCUT2D eigenvalue weighted by atomic mass is 35.5. The maximum atomic E-state index is 12.9. The van der Waals surface area contributed by atoms with Crippen LogP contribution < -0.4 is 0 Å². The van der Waals surface area contributed by atoms with Crippen molar-refractivity contribution >= 4 is 39.7 Å². The molecule has 1 aromatic rings. The van der Waals surface area contributed by atoms with Crippen LogP contribution in [0, 0.1) is 0 Å². The van der Waals surface area contributed by atoms with E-state index in [1.807, 2.05) is 17.9 Å². The SMILES string of the molecule is CCN(CC(=O)O)C1CCN(S(=O)(=O)c2ccc(C(C)(C)C)s2)CC1.Cl. The third-order valence-corrected chi connectivity index (χ3v) is 8.48. The fourth-order valence-corrected chi connectivity index (χ4v) is 6.10. The Morgan fingerprint density at radius 3 is 2.31 bits per heavy atom. The van der Waals surface area contributed by atoms with Crippen LogP contribution in [-0.4, -0.2) is 60.9 Å². The molecule has 6 nitrogen and oxygen atoms in total. The van der Waals surface area contributed by atoms with Crippen LogP contribution in [0.3, 0.4) is 0 Å². The van der Waals surface area contributed by atoms with Crippen molar-refractivity contribution in [1.29, 1.82) is 0 Å². The molecule has 0 atom stereocenters. The molecule has 0 aromatic carbocycles. The number of aliphatic carboxylic acids is 1. The monoisotopic (exact) mass is 424 g/mol. The molecule has 2 rings (SSSR count).